The van der Waals surface area contributed by atoms with E-state index in [1.807, 2.05) is 82.8 Å². The molecule has 0 aliphatic heterocycles. The number of aryl methyl sites for hydroxylation is 6. The van der Waals surface area contributed by atoms with E-state index in [9.17, 15) is 15.3 Å². The van der Waals surface area contributed by atoms with Gasteiger partial charge in [0.1, 0.15) is 28.7 Å². The first-order chi connectivity index (χ1) is 16.5. The zero-order valence-electron chi connectivity index (χ0n) is 21.0. The van der Waals surface area contributed by atoms with Crippen LogP contribution in [-0.2, 0) is 0 Å². The molecule has 0 saturated carbocycles. The maximum absolute atomic E-state index is 11.0. The van der Waals surface area contributed by atoms with Crippen molar-refractivity contribution < 1.29 is 20.1 Å². The average molecular weight is 470 g/mol. The lowest BCUT2D eigenvalue weighted by molar-refractivity contribution is 0.458. The Morgan fingerprint density at radius 3 is 1.60 bits per heavy atom. The minimum atomic E-state index is 0.124. The number of benzene rings is 4. The van der Waals surface area contributed by atoms with Crippen LogP contribution < -0.4 is 9.64 Å². The molecular weight excluding hydrogens is 438 g/mol. The van der Waals surface area contributed by atoms with Gasteiger partial charge in [-0.3, -0.25) is 0 Å². The number of anilines is 3. The van der Waals surface area contributed by atoms with Gasteiger partial charge in [0.25, 0.3) is 0 Å². The summed E-state index contributed by atoms with van der Waals surface area (Å²) in [5, 5.41) is 31.9. The highest BCUT2D eigenvalue weighted by Gasteiger charge is 2.24. The summed E-state index contributed by atoms with van der Waals surface area (Å²) in [5.74, 6) is 1.72. The molecule has 3 N–H and O–H groups in total. The molecule has 0 fully saturated rings. The lowest BCUT2D eigenvalue weighted by Gasteiger charge is -2.30. The quantitative estimate of drug-likeness (QED) is 0.277. The van der Waals surface area contributed by atoms with Crippen LogP contribution in [0.1, 0.15) is 33.4 Å². The van der Waals surface area contributed by atoms with Gasteiger partial charge in [-0.25, -0.2) is 0 Å². The Morgan fingerprint density at radius 1 is 0.600 bits per heavy atom. The fourth-order valence-electron chi connectivity index (χ4n) is 4.72. The Bertz CT molecular complexity index is 1300. The van der Waals surface area contributed by atoms with Crippen molar-refractivity contribution >= 4 is 17.1 Å². The van der Waals surface area contributed by atoms with Crippen LogP contribution in [0.4, 0.5) is 17.1 Å². The number of ether oxygens (including phenoxy) is 1. The van der Waals surface area contributed by atoms with Crippen molar-refractivity contribution in [1.82, 2.24) is 0 Å². The van der Waals surface area contributed by atoms with E-state index in [1.54, 1.807) is 24.3 Å². The van der Waals surface area contributed by atoms with Crippen molar-refractivity contribution in [2.75, 3.05) is 4.90 Å². The number of nitrogens with zero attached hydrogens (tertiary/aromatic N) is 1. The molecule has 180 valence electrons. The van der Waals surface area contributed by atoms with Crippen LogP contribution in [0, 0.1) is 41.5 Å². The van der Waals surface area contributed by atoms with E-state index < -0.39 is 0 Å². The lowest BCUT2D eigenvalue weighted by Crippen LogP contribution is -2.13. The van der Waals surface area contributed by atoms with E-state index in [0.717, 1.165) is 39.1 Å². The predicted octanol–water partition coefficient (Wildman–Crippen LogP) is 7.92. The Morgan fingerprint density at radius 2 is 1.11 bits per heavy atom. The average Bonchev–Trinajstić information content (AvgIpc) is 2.74. The summed E-state index contributed by atoms with van der Waals surface area (Å²) in [4.78, 5) is 1.87. The number of phenols is 3. The SMILES string of the molecule is Cc1cc(C)c(N(c2cccc(Oc3c(C)cc(O)cc3C)c2)c2c(C)cc(C)cc2O)c(O)c1. The van der Waals surface area contributed by atoms with Crippen molar-refractivity contribution in [3.8, 4) is 28.7 Å². The summed E-state index contributed by atoms with van der Waals surface area (Å²) in [6.45, 7) is 11.5. The monoisotopic (exact) mass is 469 g/mol. The minimum Gasteiger partial charge on any atom is -0.508 e. The minimum absolute atomic E-state index is 0.124. The van der Waals surface area contributed by atoms with Gasteiger partial charge in [0.15, 0.2) is 0 Å². The molecule has 5 heteroatoms. The van der Waals surface area contributed by atoms with Crippen LogP contribution in [0.3, 0.4) is 0 Å². The lowest BCUT2D eigenvalue weighted by atomic mass is 10.0. The van der Waals surface area contributed by atoms with E-state index in [2.05, 4.69) is 0 Å². The van der Waals surface area contributed by atoms with Crippen molar-refractivity contribution in [3.63, 3.8) is 0 Å². The summed E-state index contributed by atoms with van der Waals surface area (Å²) in [5.41, 5.74) is 7.19. The molecule has 0 atom stereocenters. The zero-order chi connectivity index (χ0) is 25.4. The van der Waals surface area contributed by atoms with Crippen LogP contribution in [0.5, 0.6) is 28.7 Å². The van der Waals surface area contributed by atoms with Crippen molar-refractivity contribution in [3.05, 3.63) is 94.0 Å². The van der Waals surface area contributed by atoms with Gasteiger partial charge >= 0.3 is 0 Å². The van der Waals surface area contributed by atoms with Crippen LogP contribution in [-0.4, -0.2) is 15.3 Å². The zero-order valence-corrected chi connectivity index (χ0v) is 21.0. The molecule has 35 heavy (non-hydrogen) atoms. The van der Waals surface area contributed by atoms with Gasteiger partial charge in [0.2, 0.25) is 0 Å². The fourth-order valence-corrected chi connectivity index (χ4v) is 4.72. The smallest absolute Gasteiger partial charge is 0.140 e. The summed E-state index contributed by atoms with van der Waals surface area (Å²) in [6.07, 6.45) is 0. The molecule has 0 saturated heterocycles. The largest absolute Gasteiger partial charge is 0.508 e. The molecule has 4 rings (SSSR count). The molecule has 5 nitrogen and oxygen atoms in total. The predicted molar refractivity (Wildman–Crippen MR) is 141 cm³/mol. The molecule has 0 unspecified atom stereocenters. The Labute approximate surface area is 206 Å². The standard InChI is InChI=1S/C30H31NO4/c1-17-10-19(3)28(26(33)12-17)31(29-20(4)11-18(2)13-27(29)34)23-8-7-9-25(16-23)35-30-21(5)14-24(32)15-22(30)6/h7-16,32-34H,1-6H3. The maximum atomic E-state index is 11.0. The number of rotatable bonds is 5. The third-order valence-electron chi connectivity index (χ3n) is 6.04. The number of aromatic hydroxyl groups is 3. The molecule has 0 bridgehead atoms. The van der Waals surface area contributed by atoms with Crippen molar-refractivity contribution in [2.45, 2.75) is 41.5 Å². The van der Waals surface area contributed by atoms with Crippen molar-refractivity contribution in [1.29, 1.82) is 0 Å². The number of hydrogen-bond acceptors (Lipinski definition) is 5. The summed E-state index contributed by atoms with van der Waals surface area (Å²) in [6, 6.07) is 18.3. The molecule has 0 aliphatic carbocycles. The van der Waals surface area contributed by atoms with Gasteiger partial charge in [0, 0.05) is 6.07 Å². The first-order valence-electron chi connectivity index (χ1n) is 11.5. The summed E-state index contributed by atoms with van der Waals surface area (Å²) >= 11 is 0. The second-order valence-electron chi connectivity index (χ2n) is 9.24. The molecule has 0 radical (unpaired) electrons. The molecule has 0 spiro atoms. The molecule has 0 aromatic heterocycles. The highest BCUT2D eigenvalue weighted by Crippen LogP contribution is 2.48. The first-order valence-corrected chi connectivity index (χ1v) is 11.5. The normalized spacial score (nSPS) is 10.9. The maximum Gasteiger partial charge on any atom is 0.140 e. The van der Waals surface area contributed by atoms with E-state index in [4.69, 9.17) is 4.74 Å². The second kappa shape index (κ2) is 9.26. The van der Waals surface area contributed by atoms with E-state index in [0.29, 0.717) is 22.9 Å². The van der Waals surface area contributed by atoms with Crippen LogP contribution in [0.2, 0.25) is 0 Å². The third kappa shape index (κ3) is 4.76. The van der Waals surface area contributed by atoms with Gasteiger partial charge < -0.3 is 25.0 Å². The van der Waals surface area contributed by atoms with E-state index in [-0.39, 0.29) is 17.2 Å². The molecule has 4 aromatic rings. The topological polar surface area (TPSA) is 73.2 Å². The molecule has 0 heterocycles. The second-order valence-corrected chi connectivity index (χ2v) is 9.24. The third-order valence-corrected chi connectivity index (χ3v) is 6.04. The van der Waals surface area contributed by atoms with Crippen LogP contribution >= 0.6 is 0 Å². The first kappa shape index (κ1) is 24.0. The molecule has 4 aromatic carbocycles. The van der Waals surface area contributed by atoms with Crippen LogP contribution in [0.15, 0.2) is 60.7 Å². The van der Waals surface area contributed by atoms with E-state index >= 15 is 0 Å². The van der Waals surface area contributed by atoms with Gasteiger partial charge in [-0.2, -0.15) is 0 Å². The highest BCUT2D eigenvalue weighted by molar-refractivity contribution is 5.87. The molecule has 0 aliphatic rings. The summed E-state index contributed by atoms with van der Waals surface area (Å²) < 4.78 is 6.25. The van der Waals surface area contributed by atoms with Gasteiger partial charge in [-0.15, -0.1) is 0 Å². The van der Waals surface area contributed by atoms with Gasteiger partial charge in [0.05, 0.1) is 17.1 Å². The number of phenolic OH excluding ortho intramolecular Hbond substituents is 3. The highest BCUT2D eigenvalue weighted by atomic mass is 16.5. The van der Waals surface area contributed by atoms with Gasteiger partial charge in [-0.05, 0) is 111 Å². The fraction of sp³-hybridized carbons (Fsp3) is 0.200. The summed E-state index contributed by atoms with van der Waals surface area (Å²) in [7, 11) is 0. The van der Waals surface area contributed by atoms with E-state index in [1.165, 1.54) is 0 Å². The Balaban J connectivity index is 1.91. The Kier molecular flexibility index (Phi) is 6.35. The van der Waals surface area contributed by atoms with Crippen molar-refractivity contribution in [2.24, 2.45) is 0 Å². The van der Waals surface area contributed by atoms with Gasteiger partial charge in [-0.1, -0.05) is 18.2 Å². The number of hydrogen-bond donors (Lipinski definition) is 3. The molecule has 0 amide bonds. The van der Waals surface area contributed by atoms with Crippen LogP contribution in [0.25, 0.3) is 0 Å². The Hall–Kier alpha value is -4.12. The molecular formula is C30H31NO4.